The molecule has 1 heterocycles. The molecule has 64 valence electrons. The van der Waals surface area contributed by atoms with E-state index in [0.29, 0.717) is 12.5 Å². The Labute approximate surface area is 63.2 Å². The van der Waals surface area contributed by atoms with Crippen molar-refractivity contribution in [2.24, 2.45) is 11.8 Å². The van der Waals surface area contributed by atoms with E-state index in [1.165, 1.54) is 4.90 Å². The Morgan fingerprint density at radius 1 is 1.36 bits per heavy atom. The van der Waals surface area contributed by atoms with Crippen LogP contribution >= 0.6 is 0 Å². The number of halogens is 3. The lowest BCUT2D eigenvalue weighted by molar-refractivity contribution is -0.178. The van der Waals surface area contributed by atoms with Gasteiger partial charge in [-0.05, 0) is 25.3 Å². The average Bonchev–Trinajstić information content (AvgIpc) is 2.38. The van der Waals surface area contributed by atoms with Crippen molar-refractivity contribution >= 4 is 0 Å². The molecule has 11 heavy (non-hydrogen) atoms. The fourth-order valence-electron chi connectivity index (χ4n) is 2.17. The molecule has 1 nitrogen and oxygen atoms in total. The molecule has 0 bridgehead atoms. The Bertz CT molecular complexity index is 175. The van der Waals surface area contributed by atoms with Gasteiger partial charge in [0, 0.05) is 6.54 Å². The monoisotopic (exact) mass is 165 g/mol. The van der Waals surface area contributed by atoms with Crippen LogP contribution in [0.3, 0.4) is 0 Å². The summed E-state index contributed by atoms with van der Waals surface area (Å²) < 4.78 is 36.7. The highest BCUT2D eigenvalue weighted by Gasteiger charge is 2.61. The van der Waals surface area contributed by atoms with Crippen molar-refractivity contribution in [1.82, 2.24) is 4.90 Å². The van der Waals surface area contributed by atoms with Gasteiger partial charge >= 0.3 is 6.18 Å². The summed E-state index contributed by atoms with van der Waals surface area (Å²) in [5.41, 5.74) is 0. The van der Waals surface area contributed by atoms with Gasteiger partial charge in [-0.3, -0.25) is 4.90 Å². The van der Waals surface area contributed by atoms with Crippen LogP contribution in [0.25, 0.3) is 0 Å². The molecular formula is C7H10F3N. The second kappa shape index (κ2) is 1.91. The minimum atomic E-state index is -4.01. The Kier molecular flexibility index (Phi) is 1.29. The Balaban J connectivity index is 2.12. The zero-order valence-electron chi connectivity index (χ0n) is 6.23. The van der Waals surface area contributed by atoms with Gasteiger partial charge in [-0.25, -0.2) is 0 Å². The zero-order chi connectivity index (χ0) is 8.22. The Hall–Kier alpha value is -0.250. The summed E-state index contributed by atoms with van der Waals surface area (Å²) >= 11 is 0. The molecule has 0 aromatic heterocycles. The molecule has 2 aliphatic rings. The fourth-order valence-corrected chi connectivity index (χ4v) is 2.17. The van der Waals surface area contributed by atoms with Gasteiger partial charge in [-0.15, -0.1) is 0 Å². The summed E-state index contributed by atoms with van der Waals surface area (Å²) in [6.07, 6.45) is -3.22. The number of hydrogen-bond acceptors (Lipinski definition) is 1. The molecule has 2 unspecified atom stereocenters. The summed E-state index contributed by atoms with van der Waals surface area (Å²) in [5.74, 6) is 0.256. The maximum Gasteiger partial charge on any atom is 0.404 e. The van der Waals surface area contributed by atoms with Crippen LogP contribution < -0.4 is 0 Å². The van der Waals surface area contributed by atoms with Crippen molar-refractivity contribution in [3.63, 3.8) is 0 Å². The Morgan fingerprint density at radius 2 is 2.00 bits per heavy atom. The molecule has 1 aliphatic carbocycles. The van der Waals surface area contributed by atoms with E-state index in [-0.39, 0.29) is 5.92 Å². The van der Waals surface area contributed by atoms with Crippen LogP contribution in [-0.2, 0) is 0 Å². The van der Waals surface area contributed by atoms with E-state index in [1.54, 1.807) is 7.05 Å². The molecule has 0 N–H and O–H groups in total. The highest BCUT2D eigenvalue weighted by atomic mass is 19.4. The van der Waals surface area contributed by atoms with Crippen LogP contribution in [0.2, 0.25) is 0 Å². The van der Waals surface area contributed by atoms with Gasteiger partial charge in [0.2, 0.25) is 0 Å². The normalized spacial score (nSPS) is 44.2. The van der Waals surface area contributed by atoms with Gasteiger partial charge in [-0.2, -0.15) is 13.2 Å². The third-order valence-electron chi connectivity index (χ3n) is 2.72. The summed E-state index contributed by atoms with van der Waals surface area (Å²) in [6, 6.07) is -1.15. The molecule has 0 radical (unpaired) electrons. The summed E-state index contributed by atoms with van der Waals surface area (Å²) in [6.45, 7) is 0.634. The van der Waals surface area contributed by atoms with Gasteiger partial charge in [-0.1, -0.05) is 0 Å². The van der Waals surface area contributed by atoms with Crippen molar-refractivity contribution in [2.75, 3.05) is 13.6 Å². The summed E-state index contributed by atoms with van der Waals surface area (Å²) in [4.78, 5) is 1.43. The smallest absolute Gasteiger partial charge is 0.295 e. The largest absolute Gasteiger partial charge is 0.404 e. The predicted octanol–water partition coefficient (Wildman–Crippen LogP) is 1.50. The van der Waals surface area contributed by atoms with Crippen LogP contribution in [0.1, 0.15) is 6.42 Å². The predicted molar refractivity (Wildman–Crippen MR) is 34.1 cm³/mol. The van der Waals surface area contributed by atoms with Gasteiger partial charge in [0.1, 0.15) is 6.04 Å². The lowest BCUT2D eigenvalue weighted by Crippen LogP contribution is -2.41. The molecule has 0 amide bonds. The van der Waals surface area contributed by atoms with Gasteiger partial charge in [0.25, 0.3) is 0 Å². The first-order valence-corrected chi connectivity index (χ1v) is 3.77. The van der Waals surface area contributed by atoms with Crippen molar-refractivity contribution in [3.8, 4) is 0 Å². The van der Waals surface area contributed by atoms with Crippen LogP contribution in [0.5, 0.6) is 0 Å². The number of piperidine rings is 1. The maximum atomic E-state index is 12.2. The minimum Gasteiger partial charge on any atom is -0.295 e. The molecule has 2 rings (SSSR count). The van der Waals surface area contributed by atoms with E-state index in [0.717, 1.165) is 6.42 Å². The van der Waals surface area contributed by atoms with Crippen molar-refractivity contribution < 1.29 is 13.2 Å². The van der Waals surface area contributed by atoms with Crippen molar-refractivity contribution in [3.05, 3.63) is 0 Å². The Morgan fingerprint density at radius 3 is 2.27 bits per heavy atom. The van der Waals surface area contributed by atoms with E-state index in [2.05, 4.69) is 0 Å². The maximum absolute atomic E-state index is 12.2. The van der Waals surface area contributed by atoms with E-state index < -0.39 is 12.2 Å². The second-order valence-corrected chi connectivity index (χ2v) is 3.59. The molecular weight excluding hydrogens is 155 g/mol. The third-order valence-corrected chi connectivity index (χ3v) is 2.72. The van der Waals surface area contributed by atoms with Crippen molar-refractivity contribution in [1.29, 1.82) is 0 Å². The van der Waals surface area contributed by atoms with E-state index in [1.807, 2.05) is 0 Å². The molecule has 1 saturated heterocycles. The first-order chi connectivity index (χ1) is 5.00. The molecule has 2 fully saturated rings. The van der Waals surface area contributed by atoms with Crippen LogP contribution in [0.15, 0.2) is 0 Å². The number of hydrogen-bond donors (Lipinski definition) is 0. The topological polar surface area (TPSA) is 3.24 Å². The average molecular weight is 165 g/mol. The molecule has 1 saturated carbocycles. The number of nitrogens with zero attached hydrogens (tertiary/aromatic N) is 1. The van der Waals surface area contributed by atoms with Gasteiger partial charge in [0.15, 0.2) is 0 Å². The first-order valence-electron chi connectivity index (χ1n) is 3.77. The first kappa shape index (κ1) is 7.40. The molecule has 0 aromatic rings. The van der Waals surface area contributed by atoms with Gasteiger partial charge in [0.05, 0.1) is 0 Å². The third kappa shape index (κ3) is 1.04. The molecule has 4 heteroatoms. The van der Waals surface area contributed by atoms with E-state index in [4.69, 9.17) is 0 Å². The second-order valence-electron chi connectivity index (χ2n) is 3.59. The zero-order valence-corrected chi connectivity index (χ0v) is 6.23. The molecule has 0 spiro atoms. The van der Waals surface area contributed by atoms with E-state index in [9.17, 15) is 13.2 Å². The summed E-state index contributed by atoms with van der Waals surface area (Å²) in [5, 5.41) is 0. The lowest BCUT2D eigenvalue weighted by Gasteiger charge is -2.24. The number of fused-ring (bicyclic) bond motifs is 1. The van der Waals surface area contributed by atoms with Gasteiger partial charge < -0.3 is 0 Å². The van der Waals surface area contributed by atoms with Crippen LogP contribution in [0.4, 0.5) is 13.2 Å². The standard InChI is InChI=1S/C7H10F3N/c1-11-3-4-2-5(4)6(11)7(8,9)10/h4-6H,2-3H2,1H3/t4?,5?,6-/m1/s1. The minimum absolute atomic E-state index is 0.0833. The van der Waals surface area contributed by atoms with Crippen LogP contribution in [0, 0.1) is 11.8 Å². The summed E-state index contributed by atoms with van der Waals surface area (Å²) in [7, 11) is 1.56. The SMILES string of the molecule is CN1CC2CC2[C@@H]1C(F)(F)F. The molecule has 1 aliphatic heterocycles. The highest BCUT2D eigenvalue weighted by molar-refractivity contribution is 5.05. The van der Waals surface area contributed by atoms with Crippen LogP contribution in [-0.4, -0.2) is 30.7 Å². The molecule has 0 aromatic carbocycles. The number of alkyl halides is 3. The quantitative estimate of drug-likeness (QED) is 0.525. The number of likely N-dealkylation sites (tertiary alicyclic amines) is 1. The van der Waals surface area contributed by atoms with E-state index >= 15 is 0 Å². The van der Waals surface area contributed by atoms with Crippen molar-refractivity contribution in [2.45, 2.75) is 18.6 Å². The molecule has 3 atom stereocenters. The lowest BCUT2D eigenvalue weighted by atomic mass is 10.2. The highest BCUT2D eigenvalue weighted by Crippen LogP contribution is 2.53. The fraction of sp³-hybridized carbons (Fsp3) is 1.00. The number of rotatable bonds is 0.